The minimum atomic E-state index is -0.309. The summed E-state index contributed by atoms with van der Waals surface area (Å²) in [6.07, 6.45) is 5.21. The maximum atomic E-state index is 13.0. The van der Waals surface area contributed by atoms with Gasteiger partial charge >= 0.3 is 0 Å². The molecule has 1 N–H and O–H groups in total. The zero-order valence-electron chi connectivity index (χ0n) is 15.2. The Morgan fingerprint density at radius 1 is 1.19 bits per heavy atom. The fraction of sp³-hybridized carbons (Fsp3) is 0.600. The lowest BCUT2D eigenvalue weighted by Crippen LogP contribution is -2.49. The monoisotopic (exact) mass is 390 g/mol. The molecule has 0 spiro atoms. The van der Waals surface area contributed by atoms with E-state index in [-0.39, 0.29) is 29.8 Å². The van der Waals surface area contributed by atoms with Crippen molar-refractivity contribution in [1.29, 1.82) is 0 Å². The molecule has 1 aromatic carbocycles. The number of carbonyl (C=O) groups is 2. The summed E-state index contributed by atoms with van der Waals surface area (Å²) in [5, 5.41) is 3.26. The highest BCUT2D eigenvalue weighted by molar-refractivity contribution is 7.99. The fourth-order valence-corrected chi connectivity index (χ4v) is 6.49. The lowest BCUT2D eigenvalue weighted by atomic mass is 10.0. The van der Waals surface area contributed by atoms with Crippen molar-refractivity contribution in [2.24, 2.45) is 5.92 Å². The van der Waals surface area contributed by atoms with Gasteiger partial charge in [0.1, 0.15) is 6.04 Å². The van der Waals surface area contributed by atoms with Crippen LogP contribution in [0.1, 0.15) is 49.3 Å². The SMILES string of the molecule is Cc1ccc2c(c1)C(NC(=O)[C@@H]1CSCN1C(=O)C1CCCC1)CCS2. The summed E-state index contributed by atoms with van der Waals surface area (Å²) in [6.45, 7) is 2.09. The van der Waals surface area contributed by atoms with E-state index >= 15 is 0 Å². The summed E-state index contributed by atoms with van der Waals surface area (Å²) in [5.41, 5.74) is 2.45. The molecular weight excluding hydrogens is 364 g/mol. The molecular formula is C20H26N2O2S2. The molecule has 2 atom stereocenters. The van der Waals surface area contributed by atoms with Crippen LogP contribution in [-0.2, 0) is 9.59 Å². The van der Waals surface area contributed by atoms with Crippen molar-refractivity contribution >= 4 is 35.3 Å². The van der Waals surface area contributed by atoms with Gasteiger partial charge in [-0.05, 0) is 37.8 Å². The number of nitrogens with zero attached hydrogens (tertiary/aromatic N) is 1. The molecule has 1 saturated carbocycles. The van der Waals surface area contributed by atoms with Crippen molar-refractivity contribution in [3.05, 3.63) is 29.3 Å². The van der Waals surface area contributed by atoms with Gasteiger partial charge in [-0.15, -0.1) is 23.5 Å². The summed E-state index contributed by atoms with van der Waals surface area (Å²) >= 11 is 3.56. The summed E-state index contributed by atoms with van der Waals surface area (Å²) in [5.74, 6) is 2.74. The molecule has 4 nitrogen and oxygen atoms in total. The Labute approximate surface area is 163 Å². The Hall–Kier alpha value is -1.14. The largest absolute Gasteiger partial charge is 0.347 e. The Balaban J connectivity index is 1.46. The van der Waals surface area contributed by atoms with E-state index < -0.39 is 0 Å². The summed E-state index contributed by atoms with van der Waals surface area (Å²) < 4.78 is 0. The molecule has 140 valence electrons. The van der Waals surface area contributed by atoms with Gasteiger partial charge in [0.15, 0.2) is 0 Å². The van der Waals surface area contributed by atoms with Crippen molar-refractivity contribution in [2.75, 3.05) is 17.4 Å². The molecule has 0 bridgehead atoms. The number of rotatable bonds is 3. The van der Waals surface area contributed by atoms with Crippen molar-refractivity contribution in [1.82, 2.24) is 10.2 Å². The van der Waals surface area contributed by atoms with Crippen molar-refractivity contribution in [2.45, 2.75) is 56.0 Å². The second-order valence-electron chi connectivity index (χ2n) is 7.54. The molecule has 0 aromatic heterocycles. The van der Waals surface area contributed by atoms with E-state index in [9.17, 15) is 9.59 Å². The van der Waals surface area contributed by atoms with E-state index in [1.807, 2.05) is 16.7 Å². The number of amides is 2. The number of benzene rings is 1. The molecule has 2 aliphatic heterocycles. The second kappa shape index (κ2) is 7.85. The number of aryl methyl sites for hydroxylation is 1. The molecule has 1 aliphatic carbocycles. The molecule has 1 aromatic rings. The zero-order chi connectivity index (χ0) is 18.1. The highest BCUT2D eigenvalue weighted by Crippen LogP contribution is 2.37. The van der Waals surface area contributed by atoms with Crippen LogP contribution in [0.5, 0.6) is 0 Å². The molecule has 1 saturated heterocycles. The van der Waals surface area contributed by atoms with Gasteiger partial charge in [0.25, 0.3) is 0 Å². The Kier molecular flexibility index (Phi) is 5.50. The maximum absolute atomic E-state index is 13.0. The van der Waals surface area contributed by atoms with Crippen LogP contribution in [0.2, 0.25) is 0 Å². The summed E-state index contributed by atoms with van der Waals surface area (Å²) in [4.78, 5) is 28.9. The number of hydrogen-bond donors (Lipinski definition) is 1. The zero-order valence-corrected chi connectivity index (χ0v) is 16.8. The van der Waals surface area contributed by atoms with Crippen LogP contribution in [0, 0.1) is 12.8 Å². The van der Waals surface area contributed by atoms with Crippen LogP contribution in [0.25, 0.3) is 0 Å². The van der Waals surface area contributed by atoms with Gasteiger partial charge in [0.05, 0.1) is 11.9 Å². The molecule has 26 heavy (non-hydrogen) atoms. The van der Waals surface area contributed by atoms with Crippen LogP contribution in [0.3, 0.4) is 0 Å². The van der Waals surface area contributed by atoms with Crippen molar-refractivity contribution < 1.29 is 9.59 Å². The molecule has 4 rings (SSSR count). The van der Waals surface area contributed by atoms with E-state index in [1.165, 1.54) is 16.0 Å². The molecule has 0 radical (unpaired) electrons. The number of fused-ring (bicyclic) bond motifs is 1. The molecule has 2 fully saturated rings. The topological polar surface area (TPSA) is 49.4 Å². The van der Waals surface area contributed by atoms with Crippen LogP contribution >= 0.6 is 23.5 Å². The predicted octanol–water partition coefficient (Wildman–Crippen LogP) is 3.74. The van der Waals surface area contributed by atoms with Gasteiger partial charge in [-0.3, -0.25) is 9.59 Å². The summed E-state index contributed by atoms with van der Waals surface area (Å²) in [7, 11) is 0. The van der Waals surface area contributed by atoms with Crippen LogP contribution in [0.4, 0.5) is 0 Å². The smallest absolute Gasteiger partial charge is 0.244 e. The first-order chi connectivity index (χ1) is 12.6. The van der Waals surface area contributed by atoms with E-state index in [0.29, 0.717) is 11.6 Å². The van der Waals surface area contributed by atoms with Gasteiger partial charge in [-0.2, -0.15) is 0 Å². The number of thioether (sulfide) groups is 2. The molecule has 2 heterocycles. The third kappa shape index (κ3) is 3.63. The minimum absolute atomic E-state index is 0.0192. The van der Waals surface area contributed by atoms with Gasteiger partial charge in [0.2, 0.25) is 11.8 Å². The standard InChI is InChI=1S/C20H26N2O2S2/c1-13-6-7-18-15(10-13)16(8-9-26-18)21-19(23)17-11-25-12-22(17)20(24)14-4-2-3-5-14/h6-7,10,14,16-17H,2-5,8-9,11-12H2,1H3,(H,21,23)/t16?,17-/m0/s1. The highest BCUT2D eigenvalue weighted by atomic mass is 32.2. The molecule has 2 amide bonds. The summed E-state index contributed by atoms with van der Waals surface area (Å²) in [6, 6.07) is 6.24. The van der Waals surface area contributed by atoms with Crippen LogP contribution < -0.4 is 5.32 Å². The van der Waals surface area contributed by atoms with E-state index in [1.54, 1.807) is 11.8 Å². The first kappa shape index (κ1) is 18.2. The quantitative estimate of drug-likeness (QED) is 0.854. The first-order valence-corrected chi connectivity index (χ1v) is 11.7. The predicted molar refractivity (Wildman–Crippen MR) is 107 cm³/mol. The van der Waals surface area contributed by atoms with Crippen molar-refractivity contribution in [3.63, 3.8) is 0 Å². The highest BCUT2D eigenvalue weighted by Gasteiger charge is 2.39. The average Bonchev–Trinajstić information content (AvgIpc) is 3.33. The lowest BCUT2D eigenvalue weighted by Gasteiger charge is -2.30. The number of hydrogen-bond acceptors (Lipinski definition) is 4. The van der Waals surface area contributed by atoms with E-state index in [0.717, 1.165) is 37.9 Å². The minimum Gasteiger partial charge on any atom is -0.347 e. The molecule has 6 heteroatoms. The normalized spacial score (nSPS) is 26.0. The molecule has 1 unspecified atom stereocenters. The van der Waals surface area contributed by atoms with Crippen LogP contribution in [-0.4, -0.2) is 40.1 Å². The van der Waals surface area contributed by atoms with E-state index in [4.69, 9.17) is 0 Å². The van der Waals surface area contributed by atoms with Crippen LogP contribution in [0.15, 0.2) is 23.1 Å². The van der Waals surface area contributed by atoms with Gasteiger partial charge in [0, 0.05) is 22.3 Å². The third-order valence-corrected chi connectivity index (χ3v) is 7.83. The molecule has 3 aliphatic rings. The fourth-order valence-electron chi connectivity index (χ4n) is 4.22. The van der Waals surface area contributed by atoms with Gasteiger partial charge in [-0.1, -0.05) is 30.5 Å². The average molecular weight is 391 g/mol. The van der Waals surface area contributed by atoms with Gasteiger partial charge < -0.3 is 10.2 Å². The third-order valence-electron chi connectivity index (χ3n) is 5.69. The second-order valence-corrected chi connectivity index (χ2v) is 9.68. The number of carbonyl (C=O) groups excluding carboxylic acids is 2. The lowest BCUT2D eigenvalue weighted by molar-refractivity contribution is -0.141. The number of nitrogens with one attached hydrogen (secondary N) is 1. The maximum Gasteiger partial charge on any atom is 0.244 e. The Bertz CT molecular complexity index is 703. The van der Waals surface area contributed by atoms with Gasteiger partial charge in [-0.25, -0.2) is 0 Å². The van der Waals surface area contributed by atoms with E-state index in [2.05, 4.69) is 30.4 Å². The Morgan fingerprint density at radius 2 is 2.00 bits per heavy atom. The Morgan fingerprint density at radius 3 is 2.81 bits per heavy atom. The first-order valence-electron chi connectivity index (χ1n) is 9.55. The van der Waals surface area contributed by atoms with Crippen molar-refractivity contribution in [3.8, 4) is 0 Å².